The van der Waals surface area contributed by atoms with Crippen LogP contribution >= 0.6 is 15.9 Å². The summed E-state index contributed by atoms with van der Waals surface area (Å²) in [5.41, 5.74) is 1.71. The highest BCUT2D eigenvalue weighted by Gasteiger charge is 2.53. The van der Waals surface area contributed by atoms with Crippen LogP contribution in [0.25, 0.3) is 0 Å². The summed E-state index contributed by atoms with van der Waals surface area (Å²) < 4.78 is 6.47. The van der Waals surface area contributed by atoms with E-state index in [1.54, 1.807) is 12.2 Å². The van der Waals surface area contributed by atoms with E-state index in [2.05, 4.69) is 21.2 Å². The van der Waals surface area contributed by atoms with Gasteiger partial charge in [-0.25, -0.2) is 0 Å². The number of carbonyl (C=O) groups is 2. The van der Waals surface area contributed by atoms with Crippen molar-refractivity contribution in [1.29, 1.82) is 0 Å². The van der Waals surface area contributed by atoms with E-state index in [0.29, 0.717) is 5.69 Å². The van der Waals surface area contributed by atoms with Crippen LogP contribution in [0.15, 0.2) is 34.8 Å². The summed E-state index contributed by atoms with van der Waals surface area (Å²) in [6.45, 7) is 2.00. The highest BCUT2D eigenvalue weighted by molar-refractivity contribution is 9.10. The zero-order valence-electron chi connectivity index (χ0n) is 12.0. The van der Waals surface area contributed by atoms with Crippen molar-refractivity contribution in [2.45, 2.75) is 25.6 Å². The zero-order valence-corrected chi connectivity index (χ0v) is 13.5. The van der Waals surface area contributed by atoms with E-state index in [9.17, 15) is 14.7 Å². The van der Waals surface area contributed by atoms with E-state index in [1.165, 1.54) is 0 Å². The number of anilines is 1. The lowest BCUT2D eigenvalue weighted by molar-refractivity contribution is -0.145. The highest BCUT2D eigenvalue weighted by Crippen LogP contribution is 2.40. The molecule has 0 aromatic heterocycles. The first-order chi connectivity index (χ1) is 10.5. The van der Waals surface area contributed by atoms with Gasteiger partial charge >= 0.3 is 5.97 Å². The Bertz CT molecular complexity index is 658. The molecule has 3 rings (SSSR count). The molecule has 6 heteroatoms. The Morgan fingerprint density at radius 1 is 1.27 bits per heavy atom. The minimum Gasteiger partial charge on any atom is -0.481 e. The maximum atomic E-state index is 12.6. The normalized spacial score (nSPS) is 28.8. The Morgan fingerprint density at radius 3 is 2.59 bits per heavy atom. The number of amides is 1. The third kappa shape index (κ3) is 2.57. The number of carboxylic acid groups (broad SMARTS) is 1. The van der Waals surface area contributed by atoms with Crippen LogP contribution in [-0.4, -0.2) is 29.2 Å². The number of aliphatic carboxylic acids is 1. The van der Waals surface area contributed by atoms with Gasteiger partial charge in [0.25, 0.3) is 0 Å². The molecule has 0 unspecified atom stereocenters. The molecule has 1 fully saturated rings. The summed E-state index contributed by atoms with van der Waals surface area (Å²) in [6, 6.07) is 5.61. The second kappa shape index (κ2) is 5.85. The summed E-state index contributed by atoms with van der Waals surface area (Å²) in [5, 5.41) is 12.2. The molecule has 0 spiro atoms. The van der Waals surface area contributed by atoms with Crippen molar-refractivity contribution < 1.29 is 19.4 Å². The molecule has 22 heavy (non-hydrogen) atoms. The second-order valence-electron chi connectivity index (χ2n) is 5.48. The number of aryl methyl sites for hydroxylation is 1. The monoisotopic (exact) mass is 365 g/mol. The number of nitrogens with one attached hydrogen (secondary N) is 1. The minimum atomic E-state index is -0.997. The topological polar surface area (TPSA) is 75.6 Å². The molecule has 2 bridgehead atoms. The van der Waals surface area contributed by atoms with Crippen LogP contribution in [0.1, 0.15) is 12.5 Å². The molecule has 1 saturated heterocycles. The van der Waals surface area contributed by atoms with Crippen LogP contribution in [0.2, 0.25) is 0 Å². The second-order valence-corrected chi connectivity index (χ2v) is 6.40. The predicted molar refractivity (Wildman–Crippen MR) is 84.6 cm³/mol. The average molecular weight is 366 g/mol. The molecule has 1 aromatic rings. The smallest absolute Gasteiger partial charge is 0.310 e. The average Bonchev–Trinajstić information content (AvgIpc) is 3.09. The summed E-state index contributed by atoms with van der Waals surface area (Å²) in [5.74, 6) is -2.82. The van der Waals surface area contributed by atoms with Crippen molar-refractivity contribution in [3.63, 3.8) is 0 Å². The Kier molecular flexibility index (Phi) is 4.06. The largest absolute Gasteiger partial charge is 0.481 e. The Labute approximate surface area is 136 Å². The first kappa shape index (κ1) is 15.2. The van der Waals surface area contributed by atoms with E-state index < -0.39 is 30.0 Å². The van der Waals surface area contributed by atoms with Gasteiger partial charge in [-0.15, -0.1) is 0 Å². The molecule has 0 aliphatic carbocycles. The number of hydrogen-bond acceptors (Lipinski definition) is 3. The molecule has 0 radical (unpaired) electrons. The maximum Gasteiger partial charge on any atom is 0.310 e. The fourth-order valence-corrected chi connectivity index (χ4v) is 3.52. The number of benzene rings is 1. The highest BCUT2D eigenvalue weighted by atomic mass is 79.9. The molecule has 2 aliphatic rings. The molecule has 5 nitrogen and oxygen atoms in total. The van der Waals surface area contributed by atoms with Crippen molar-refractivity contribution in [2.75, 3.05) is 5.32 Å². The molecule has 2 N–H and O–H groups in total. The van der Waals surface area contributed by atoms with E-state index in [0.717, 1.165) is 16.5 Å². The van der Waals surface area contributed by atoms with Crippen molar-refractivity contribution in [2.24, 2.45) is 11.8 Å². The van der Waals surface area contributed by atoms with Gasteiger partial charge in [-0.2, -0.15) is 0 Å². The Balaban J connectivity index is 1.83. The van der Waals surface area contributed by atoms with Gasteiger partial charge in [0.15, 0.2) is 0 Å². The predicted octanol–water partition coefficient (Wildman–Crippen LogP) is 2.60. The first-order valence-electron chi connectivity index (χ1n) is 7.17. The third-order valence-electron chi connectivity index (χ3n) is 4.19. The number of carbonyl (C=O) groups excluding carboxylic acids is 1. The number of carboxylic acids is 1. The molecule has 2 aliphatic heterocycles. The molecule has 2 heterocycles. The lowest BCUT2D eigenvalue weighted by Crippen LogP contribution is -2.39. The minimum absolute atomic E-state index is 0.304. The van der Waals surface area contributed by atoms with Crippen LogP contribution < -0.4 is 5.32 Å². The molecule has 1 amide bonds. The summed E-state index contributed by atoms with van der Waals surface area (Å²) in [6.07, 6.45) is 3.31. The van der Waals surface area contributed by atoms with Gasteiger partial charge in [0.05, 0.1) is 18.1 Å². The molecule has 1 aromatic carbocycles. The van der Waals surface area contributed by atoms with E-state index >= 15 is 0 Å². The fourth-order valence-electron chi connectivity index (χ4n) is 3.11. The molecular formula is C16H16BrNO4. The van der Waals surface area contributed by atoms with Crippen molar-refractivity contribution in [1.82, 2.24) is 0 Å². The molecule has 4 atom stereocenters. The third-order valence-corrected chi connectivity index (χ3v) is 4.69. The first-order valence-corrected chi connectivity index (χ1v) is 7.96. The molecule has 116 valence electrons. The van der Waals surface area contributed by atoms with Crippen molar-refractivity contribution in [3.8, 4) is 0 Å². The van der Waals surface area contributed by atoms with Gasteiger partial charge < -0.3 is 15.2 Å². The number of halogens is 1. The van der Waals surface area contributed by atoms with E-state index in [4.69, 9.17) is 4.74 Å². The van der Waals surface area contributed by atoms with Gasteiger partial charge in [0, 0.05) is 10.2 Å². The van der Waals surface area contributed by atoms with Crippen LogP contribution in [0.3, 0.4) is 0 Å². The van der Waals surface area contributed by atoms with Crippen LogP contribution in [0.4, 0.5) is 5.69 Å². The molecule has 0 saturated carbocycles. The number of rotatable bonds is 4. The van der Waals surface area contributed by atoms with Gasteiger partial charge in [-0.3, -0.25) is 9.59 Å². The van der Waals surface area contributed by atoms with Crippen molar-refractivity contribution >= 4 is 33.5 Å². The van der Waals surface area contributed by atoms with Gasteiger partial charge in [-0.05, 0) is 30.2 Å². The quantitative estimate of drug-likeness (QED) is 0.804. The summed E-state index contributed by atoms with van der Waals surface area (Å²) >= 11 is 3.41. The lowest BCUT2D eigenvalue weighted by atomic mass is 9.82. The van der Waals surface area contributed by atoms with Crippen LogP contribution in [0.5, 0.6) is 0 Å². The summed E-state index contributed by atoms with van der Waals surface area (Å²) in [7, 11) is 0. The lowest BCUT2D eigenvalue weighted by Gasteiger charge is -2.21. The zero-order chi connectivity index (χ0) is 15.9. The van der Waals surface area contributed by atoms with Gasteiger partial charge in [0.2, 0.25) is 5.91 Å². The van der Waals surface area contributed by atoms with Crippen LogP contribution in [0, 0.1) is 11.8 Å². The van der Waals surface area contributed by atoms with Crippen LogP contribution in [-0.2, 0) is 20.7 Å². The van der Waals surface area contributed by atoms with E-state index in [1.807, 2.05) is 25.1 Å². The van der Waals surface area contributed by atoms with Gasteiger partial charge in [0.1, 0.15) is 5.92 Å². The van der Waals surface area contributed by atoms with Gasteiger partial charge in [-0.1, -0.05) is 35.0 Å². The van der Waals surface area contributed by atoms with Crippen molar-refractivity contribution in [3.05, 3.63) is 40.4 Å². The standard InChI is InChI=1S/C16H16BrNO4/c1-2-8-7-9(17)3-4-10(8)18-15(19)13-11-5-6-12(22-11)14(13)16(20)21/h3-7,11-14H,2H2,1H3,(H,18,19)(H,20,21)/t11-,12+,13+,14-/m0/s1. The summed E-state index contributed by atoms with van der Waals surface area (Å²) in [4.78, 5) is 24.0. The number of fused-ring (bicyclic) bond motifs is 2. The Morgan fingerprint density at radius 2 is 1.95 bits per heavy atom. The Hall–Kier alpha value is -1.66. The van der Waals surface area contributed by atoms with E-state index in [-0.39, 0.29) is 5.91 Å². The number of ether oxygens (including phenoxy) is 1. The SMILES string of the molecule is CCc1cc(Br)ccc1NC(=O)[C@H]1[C@@H](C(=O)O)[C@H]2C=C[C@@H]1O2. The fraction of sp³-hybridized carbons (Fsp3) is 0.375. The molecular weight excluding hydrogens is 350 g/mol. The maximum absolute atomic E-state index is 12.6. The number of hydrogen-bond donors (Lipinski definition) is 2.